The summed E-state index contributed by atoms with van der Waals surface area (Å²) in [7, 11) is 1.86. The molecular formula is C15H20N4O. The molecular weight excluding hydrogens is 252 g/mol. The average Bonchev–Trinajstić information content (AvgIpc) is 2.90. The zero-order valence-electron chi connectivity index (χ0n) is 12.1. The molecule has 5 nitrogen and oxygen atoms in total. The van der Waals surface area contributed by atoms with Gasteiger partial charge >= 0.3 is 0 Å². The van der Waals surface area contributed by atoms with Crippen molar-refractivity contribution in [1.29, 1.82) is 0 Å². The Balaban J connectivity index is 2.00. The Hall–Kier alpha value is -2.30. The second-order valence-electron chi connectivity index (χ2n) is 4.91. The van der Waals surface area contributed by atoms with E-state index in [1.165, 1.54) is 0 Å². The van der Waals surface area contributed by atoms with Crippen molar-refractivity contribution in [3.63, 3.8) is 0 Å². The number of aryl methyl sites for hydroxylation is 1. The maximum atomic E-state index is 12.2. The van der Waals surface area contributed by atoms with Gasteiger partial charge in [0.1, 0.15) is 0 Å². The fourth-order valence-electron chi connectivity index (χ4n) is 2.13. The molecule has 2 rings (SSSR count). The number of nitrogens with one attached hydrogen (secondary N) is 2. The molecule has 0 bridgehead atoms. The number of aromatic nitrogens is 2. The maximum absolute atomic E-state index is 12.2. The highest BCUT2D eigenvalue weighted by Crippen LogP contribution is 2.14. The molecule has 0 spiro atoms. The highest BCUT2D eigenvalue weighted by molar-refractivity contribution is 5.96. The Kier molecular flexibility index (Phi) is 4.40. The van der Waals surface area contributed by atoms with E-state index in [0.29, 0.717) is 12.1 Å². The molecule has 20 heavy (non-hydrogen) atoms. The molecule has 2 N–H and O–H groups in total. The van der Waals surface area contributed by atoms with Crippen LogP contribution in [0.4, 0.5) is 5.69 Å². The molecule has 1 heterocycles. The van der Waals surface area contributed by atoms with Crippen LogP contribution in [0.3, 0.4) is 0 Å². The molecule has 106 valence electrons. The van der Waals surface area contributed by atoms with E-state index in [0.717, 1.165) is 11.3 Å². The lowest BCUT2D eigenvalue weighted by Gasteiger charge is -2.15. The molecule has 0 aliphatic rings. The first-order valence-corrected chi connectivity index (χ1v) is 6.65. The van der Waals surface area contributed by atoms with Gasteiger partial charge in [-0.2, -0.15) is 0 Å². The molecule has 0 fully saturated rings. The van der Waals surface area contributed by atoms with E-state index >= 15 is 0 Å². The predicted molar refractivity (Wildman–Crippen MR) is 79.9 cm³/mol. The maximum Gasteiger partial charge on any atom is 0.251 e. The van der Waals surface area contributed by atoms with Crippen molar-refractivity contribution in [3.8, 4) is 0 Å². The number of rotatable bonds is 5. The van der Waals surface area contributed by atoms with Crippen LogP contribution < -0.4 is 10.6 Å². The minimum atomic E-state index is -0.0437. The fourth-order valence-corrected chi connectivity index (χ4v) is 2.13. The highest BCUT2D eigenvalue weighted by Gasteiger charge is 2.12. The summed E-state index contributed by atoms with van der Waals surface area (Å²) in [5.74, 6) is -0.0437. The molecule has 1 unspecified atom stereocenters. The fraction of sp³-hybridized carbons (Fsp3) is 0.333. The Morgan fingerprint density at radius 3 is 2.85 bits per heavy atom. The Bertz CT molecular complexity index is 578. The molecule has 1 aromatic heterocycles. The molecule has 0 radical (unpaired) electrons. The van der Waals surface area contributed by atoms with E-state index in [9.17, 15) is 4.79 Å². The second-order valence-corrected chi connectivity index (χ2v) is 4.91. The molecule has 1 aromatic carbocycles. The van der Waals surface area contributed by atoms with Gasteiger partial charge in [-0.25, -0.2) is 4.98 Å². The number of hydrogen-bond donors (Lipinski definition) is 2. The standard InChI is InChI=1S/C15H20N4O/c1-11-8-13(16-3)4-5-14(11)15(20)18-12(2)9-19-7-6-17-10-19/h4-8,10,12,16H,9H2,1-3H3,(H,18,20). The van der Waals surface area contributed by atoms with Gasteiger partial charge in [-0.1, -0.05) is 0 Å². The van der Waals surface area contributed by atoms with Gasteiger partial charge in [0.15, 0.2) is 0 Å². The van der Waals surface area contributed by atoms with Gasteiger partial charge in [-0.05, 0) is 37.6 Å². The van der Waals surface area contributed by atoms with E-state index in [2.05, 4.69) is 15.6 Å². The van der Waals surface area contributed by atoms with Gasteiger partial charge in [-0.15, -0.1) is 0 Å². The minimum Gasteiger partial charge on any atom is -0.388 e. The number of imidazole rings is 1. The SMILES string of the molecule is CNc1ccc(C(=O)NC(C)Cn2ccnc2)c(C)c1. The molecule has 0 saturated carbocycles. The average molecular weight is 272 g/mol. The van der Waals surface area contributed by atoms with E-state index in [4.69, 9.17) is 0 Å². The van der Waals surface area contributed by atoms with Crippen LogP contribution >= 0.6 is 0 Å². The van der Waals surface area contributed by atoms with Crippen LogP contribution in [-0.4, -0.2) is 28.5 Å². The van der Waals surface area contributed by atoms with Crippen LogP contribution in [0.15, 0.2) is 36.9 Å². The zero-order valence-corrected chi connectivity index (χ0v) is 12.1. The summed E-state index contributed by atoms with van der Waals surface area (Å²) in [6.45, 7) is 4.63. The number of benzene rings is 1. The van der Waals surface area contributed by atoms with Crippen LogP contribution in [0.1, 0.15) is 22.8 Å². The van der Waals surface area contributed by atoms with Crippen molar-refractivity contribution in [2.75, 3.05) is 12.4 Å². The lowest BCUT2D eigenvalue weighted by Crippen LogP contribution is -2.35. The smallest absolute Gasteiger partial charge is 0.251 e. The Morgan fingerprint density at radius 2 is 2.25 bits per heavy atom. The minimum absolute atomic E-state index is 0.0417. The van der Waals surface area contributed by atoms with E-state index in [1.807, 2.05) is 49.9 Å². The Morgan fingerprint density at radius 1 is 1.45 bits per heavy atom. The van der Waals surface area contributed by atoms with Crippen molar-refractivity contribution < 1.29 is 4.79 Å². The summed E-state index contributed by atoms with van der Waals surface area (Å²) in [5, 5.41) is 6.07. The first-order chi connectivity index (χ1) is 9.60. The van der Waals surface area contributed by atoms with Crippen molar-refractivity contribution in [2.24, 2.45) is 0 Å². The number of amides is 1. The van der Waals surface area contributed by atoms with Crippen LogP contribution in [0.2, 0.25) is 0 Å². The summed E-state index contributed by atoms with van der Waals surface area (Å²) in [4.78, 5) is 16.2. The molecule has 1 amide bonds. The van der Waals surface area contributed by atoms with Crippen molar-refractivity contribution in [1.82, 2.24) is 14.9 Å². The number of carbonyl (C=O) groups is 1. The monoisotopic (exact) mass is 272 g/mol. The highest BCUT2D eigenvalue weighted by atomic mass is 16.1. The predicted octanol–water partition coefficient (Wildman–Crippen LogP) is 2.05. The second kappa shape index (κ2) is 6.23. The largest absolute Gasteiger partial charge is 0.388 e. The summed E-state index contributed by atoms with van der Waals surface area (Å²) in [5.41, 5.74) is 2.68. The van der Waals surface area contributed by atoms with Gasteiger partial charge < -0.3 is 15.2 Å². The topological polar surface area (TPSA) is 59.0 Å². The third-order valence-corrected chi connectivity index (χ3v) is 3.18. The molecule has 1 atom stereocenters. The number of carbonyl (C=O) groups excluding carboxylic acids is 1. The molecule has 0 saturated heterocycles. The van der Waals surface area contributed by atoms with Crippen LogP contribution in [-0.2, 0) is 6.54 Å². The van der Waals surface area contributed by atoms with Crippen molar-refractivity contribution in [3.05, 3.63) is 48.0 Å². The molecule has 0 aliphatic heterocycles. The summed E-state index contributed by atoms with van der Waals surface area (Å²) < 4.78 is 1.95. The van der Waals surface area contributed by atoms with Gasteiger partial charge in [0.25, 0.3) is 5.91 Å². The summed E-state index contributed by atoms with van der Waals surface area (Å²) >= 11 is 0. The normalized spacial score (nSPS) is 11.9. The van der Waals surface area contributed by atoms with Crippen LogP contribution in [0.25, 0.3) is 0 Å². The molecule has 0 aliphatic carbocycles. The van der Waals surface area contributed by atoms with Gasteiger partial charge in [0.2, 0.25) is 0 Å². The summed E-state index contributed by atoms with van der Waals surface area (Å²) in [6.07, 6.45) is 5.36. The zero-order chi connectivity index (χ0) is 14.5. The first-order valence-electron chi connectivity index (χ1n) is 6.65. The third kappa shape index (κ3) is 3.38. The van der Waals surface area contributed by atoms with Crippen molar-refractivity contribution in [2.45, 2.75) is 26.4 Å². The van der Waals surface area contributed by atoms with E-state index < -0.39 is 0 Å². The first kappa shape index (κ1) is 14.1. The van der Waals surface area contributed by atoms with E-state index in [-0.39, 0.29) is 11.9 Å². The lowest BCUT2D eigenvalue weighted by molar-refractivity contribution is 0.0936. The molecule has 2 aromatic rings. The van der Waals surface area contributed by atoms with Crippen LogP contribution in [0.5, 0.6) is 0 Å². The number of anilines is 1. The van der Waals surface area contributed by atoms with E-state index in [1.54, 1.807) is 12.5 Å². The van der Waals surface area contributed by atoms with Gasteiger partial charge in [-0.3, -0.25) is 4.79 Å². The lowest BCUT2D eigenvalue weighted by atomic mass is 10.1. The number of nitrogens with zero attached hydrogens (tertiary/aromatic N) is 2. The number of hydrogen-bond acceptors (Lipinski definition) is 3. The quantitative estimate of drug-likeness (QED) is 0.876. The third-order valence-electron chi connectivity index (χ3n) is 3.18. The van der Waals surface area contributed by atoms with Gasteiger partial charge in [0, 0.05) is 43.3 Å². The van der Waals surface area contributed by atoms with Crippen molar-refractivity contribution >= 4 is 11.6 Å². The van der Waals surface area contributed by atoms with Gasteiger partial charge in [0.05, 0.1) is 6.33 Å². The Labute approximate surface area is 119 Å². The molecule has 5 heteroatoms. The van der Waals surface area contributed by atoms with Crippen LogP contribution in [0, 0.1) is 6.92 Å². The summed E-state index contributed by atoms with van der Waals surface area (Å²) in [6, 6.07) is 5.76.